The van der Waals surface area contributed by atoms with Gasteiger partial charge < -0.3 is 15.8 Å². The van der Waals surface area contributed by atoms with Gasteiger partial charge in [0.15, 0.2) is 0 Å². The van der Waals surface area contributed by atoms with E-state index in [0.717, 1.165) is 6.54 Å². The molecule has 2 unspecified atom stereocenters. The van der Waals surface area contributed by atoms with Crippen molar-refractivity contribution in [1.82, 2.24) is 10.2 Å². The van der Waals surface area contributed by atoms with Crippen molar-refractivity contribution in [2.45, 2.75) is 77.6 Å². The molecular weight excluding hydrogens is 421 g/mol. The van der Waals surface area contributed by atoms with E-state index in [-0.39, 0.29) is 42.2 Å². The van der Waals surface area contributed by atoms with Crippen molar-refractivity contribution in [3.05, 3.63) is 35.4 Å². The number of hydrogen-bond acceptors (Lipinski definition) is 4. The molecule has 2 aliphatic rings. The highest BCUT2D eigenvalue weighted by molar-refractivity contribution is 5.88. The number of likely N-dealkylation sites (tertiary alicyclic amines) is 1. The van der Waals surface area contributed by atoms with Crippen molar-refractivity contribution in [3.63, 3.8) is 0 Å². The van der Waals surface area contributed by atoms with Crippen molar-refractivity contribution in [2.24, 2.45) is 11.1 Å². The summed E-state index contributed by atoms with van der Waals surface area (Å²) in [6.45, 7) is 10.5. The number of carbonyl (C=O) groups excluding carboxylic acids is 1. The van der Waals surface area contributed by atoms with Crippen molar-refractivity contribution >= 4 is 30.7 Å². The van der Waals surface area contributed by atoms with Crippen LogP contribution in [0.2, 0.25) is 0 Å². The molecule has 0 bridgehead atoms. The first kappa shape index (κ1) is 27.2. The van der Waals surface area contributed by atoms with E-state index in [0.29, 0.717) is 19.6 Å². The number of ether oxygens (including phenoxy) is 1. The molecule has 3 N–H and O–H groups in total. The molecule has 1 aliphatic carbocycles. The van der Waals surface area contributed by atoms with Gasteiger partial charge in [0.25, 0.3) is 0 Å². The Labute approximate surface area is 194 Å². The van der Waals surface area contributed by atoms with Gasteiger partial charge in [-0.25, -0.2) is 0 Å². The first-order valence-corrected chi connectivity index (χ1v) is 10.9. The molecule has 1 aliphatic heterocycles. The van der Waals surface area contributed by atoms with Crippen LogP contribution in [-0.4, -0.2) is 42.1 Å². The minimum Gasteiger partial charge on any atom is -0.378 e. The maximum Gasteiger partial charge on any atom is 0.241 e. The molecule has 1 heterocycles. The van der Waals surface area contributed by atoms with Gasteiger partial charge in [-0.15, -0.1) is 24.8 Å². The fraction of sp³-hybridized carbons (Fsp3) is 0.696. The predicted molar refractivity (Wildman–Crippen MR) is 127 cm³/mol. The fourth-order valence-corrected chi connectivity index (χ4v) is 4.57. The number of carbonyl (C=O) groups is 1. The predicted octanol–water partition coefficient (Wildman–Crippen LogP) is 4.05. The van der Waals surface area contributed by atoms with E-state index in [9.17, 15) is 4.79 Å². The Bertz CT molecular complexity index is 678. The number of amides is 1. The third-order valence-electron chi connectivity index (χ3n) is 6.89. The number of nitrogens with one attached hydrogen (secondary N) is 1. The smallest absolute Gasteiger partial charge is 0.241 e. The van der Waals surface area contributed by atoms with Gasteiger partial charge >= 0.3 is 0 Å². The van der Waals surface area contributed by atoms with Gasteiger partial charge in [0.1, 0.15) is 5.54 Å². The summed E-state index contributed by atoms with van der Waals surface area (Å²) in [7, 11) is 0. The monoisotopic (exact) mass is 459 g/mol. The van der Waals surface area contributed by atoms with E-state index < -0.39 is 5.54 Å². The van der Waals surface area contributed by atoms with Crippen LogP contribution in [0.4, 0.5) is 0 Å². The molecule has 1 saturated carbocycles. The zero-order valence-electron chi connectivity index (χ0n) is 18.6. The summed E-state index contributed by atoms with van der Waals surface area (Å²) in [6, 6.07) is 8.43. The fourth-order valence-electron chi connectivity index (χ4n) is 4.57. The standard InChI is InChI=1S/C23H37N3O2.2ClH/c1-4-28-20-15-23(24,22(20,2)3)21(27)25-16-18-11-7-8-12-19(18)17-26-13-9-5-6-10-14-26;;/h7-8,11-12,20H,4-6,9-10,13-17,24H2,1-3H3,(H,25,27);2*1H. The van der Waals surface area contributed by atoms with Crippen molar-refractivity contribution < 1.29 is 9.53 Å². The zero-order valence-corrected chi connectivity index (χ0v) is 20.2. The number of halogens is 2. The summed E-state index contributed by atoms with van der Waals surface area (Å²) in [5.41, 5.74) is 7.77. The lowest BCUT2D eigenvalue weighted by Gasteiger charge is -2.57. The highest BCUT2D eigenvalue weighted by atomic mass is 35.5. The molecule has 0 spiro atoms. The molecule has 5 nitrogen and oxygen atoms in total. The van der Waals surface area contributed by atoms with E-state index in [2.05, 4.69) is 28.4 Å². The number of nitrogens with two attached hydrogens (primary N) is 1. The highest BCUT2D eigenvalue weighted by Crippen LogP contribution is 2.49. The van der Waals surface area contributed by atoms with Gasteiger partial charge in [-0.1, -0.05) is 51.0 Å². The summed E-state index contributed by atoms with van der Waals surface area (Å²) in [4.78, 5) is 15.5. The van der Waals surface area contributed by atoms with Crippen LogP contribution in [0.5, 0.6) is 0 Å². The maximum atomic E-state index is 12.9. The van der Waals surface area contributed by atoms with Gasteiger partial charge in [-0.05, 0) is 44.0 Å². The lowest BCUT2D eigenvalue weighted by molar-refractivity contribution is -0.170. The summed E-state index contributed by atoms with van der Waals surface area (Å²) in [5.74, 6) is -0.0713. The number of nitrogens with zero attached hydrogens (tertiary/aromatic N) is 1. The molecule has 0 aromatic heterocycles. The molecule has 172 valence electrons. The van der Waals surface area contributed by atoms with Gasteiger partial charge in [0.2, 0.25) is 5.91 Å². The average Bonchev–Trinajstić information content (AvgIpc) is 2.95. The average molecular weight is 460 g/mol. The number of benzene rings is 1. The largest absolute Gasteiger partial charge is 0.378 e. The lowest BCUT2D eigenvalue weighted by Crippen LogP contribution is -2.75. The van der Waals surface area contributed by atoms with Crippen LogP contribution in [0.1, 0.15) is 64.0 Å². The number of rotatable bonds is 7. The van der Waals surface area contributed by atoms with Crippen LogP contribution in [0.15, 0.2) is 24.3 Å². The maximum absolute atomic E-state index is 12.9. The third-order valence-corrected chi connectivity index (χ3v) is 6.89. The van der Waals surface area contributed by atoms with Crippen LogP contribution in [0, 0.1) is 5.41 Å². The Balaban J connectivity index is 0.00000225. The molecule has 1 aromatic carbocycles. The van der Waals surface area contributed by atoms with Crippen LogP contribution in [-0.2, 0) is 22.6 Å². The second-order valence-electron chi connectivity index (χ2n) is 8.98. The Morgan fingerprint density at radius 3 is 2.30 bits per heavy atom. The lowest BCUT2D eigenvalue weighted by atomic mass is 9.54. The van der Waals surface area contributed by atoms with E-state index in [4.69, 9.17) is 10.5 Å². The van der Waals surface area contributed by atoms with Crippen LogP contribution in [0.25, 0.3) is 0 Å². The number of hydrogen-bond donors (Lipinski definition) is 2. The van der Waals surface area contributed by atoms with Crippen molar-refractivity contribution in [2.75, 3.05) is 19.7 Å². The summed E-state index contributed by atoms with van der Waals surface area (Å²) in [5, 5.41) is 3.11. The topological polar surface area (TPSA) is 67.6 Å². The summed E-state index contributed by atoms with van der Waals surface area (Å²) < 4.78 is 5.75. The Hall–Kier alpha value is -0.850. The summed E-state index contributed by atoms with van der Waals surface area (Å²) >= 11 is 0. The molecule has 7 heteroatoms. The Kier molecular flexibility index (Phi) is 10.6. The van der Waals surface area contributed by atoms with E-state index in [1.807, 2.05) is 26.8 Å². The van der Waals surface area contributed by atoms with Crippen LogP contribution >= 0.6 is 24.8 Å². The Morgan fingerprint density at radius 1 is 1.13 bits per heavy atom. The SMILES string of the molecule is CCOC1CC(N)(C(=O)NCc2ccccc2CN2CCCCCC2)C1(C)C.Cl.Cl. The molecule has 3 rings (SSSR count). The first-order valence-electron chi connectivity index (χ1n) is 10.9. The van der Waals surface area contributed by atoms with Crippen LogP contribution in [0.3, 0.4) is 0 Å². The second kappa shape index (κ2) is 11.7. The van der Waals surface area contributed by atoms with Gasteiger partial charge in [-0.2, -0.15) is 0 Å². The zero-order chi connectivity index (χ0) is 20.2. The molecule has 1 amide bonds. The highest BCUT2D eigenvalue weighted by Gasteiger charge is 2.62. The second-order valence-corrected chi connectivity index (χ2v) is 8.98. The summed E-state index contributed by atoms with van der Waals surface area (Å²) in [6.07, 6.45) is 5.87. The molecular formula is C23H39Cl2N3O2. The first-order chi connectivity index (χ1) is 13.4. The van der Waals surface area contributed by atoms with Crippen molar-refractivity contribution in [3.8, 4) is 0 Å². The normalized spacial score (nSPS) is 25.8. The molecule has 2 fully saturated rings. The molecule has 1 saturated heterocycles. The minimum absolute atomic E-state index is 0. The Morgan fingerprint density at radius 2 is 1.73 bits per heavy atom. The molecule has 2 atom stereocenters. The van der Waals surface area contributed by atoms with Gasteiger partial charge in [0.05, 0.1) is 6.10 Å². The van der Waals surface area contributed by atoms with Crippen LogP contribution < -0.4 is 11.1 Å². The molecule has 1 aromatic rings. The third kappa shape index (κ3) is 5.68. The van der Waals surface area contributed by atoms with E-state index in [1.54, 1.807) is 0 Å². The molecule has 30 heavy (non-hydrogen) atoms. The van der Waals surface area contributed by atoms with Crippen molar-refractivity contribution in [1.29, 1.82) is 0 Å². The molecule has 0 radical (unpaired) electrons. The van der Waals surface area contributed by atoms with Gasteiger partial charge in [0, 0.05) is 31.5 Å². The van der Waals surface area contributed by atoms with E-state index in [1.165, 1.54) is 49.9 Å². The minimum atomic E-state index is -0.868. The quantitative estimate of drug-likeness (QED) is 0.644. The van der Waals surface area contributed by atoms with Gasteiger partial charge in [-0.3, -0.25) is 9.69 Å². The van der Waals surface area contributed by atoms with E-state index >= 15 is 0 Å².